The Bertz CT molecular complexity index is 1410. The Labute approximate surface area is 260 Å². The molecule has 0 heterocycles. The number of fused-ring (bicyclic) bond motifs is 3. The summed E-state index contributed by atoms with van der Waals surface area (Å²) in [6.45, 7) is 21.9. The molecule has 0 saturated heterocycles. The van der Waals surface area contributed by atoms with Crippen LogP contribution in [0.1, 0.15) is 79.1 Å². The Hall–Kier alpha value is -2.85. The average Bonchev–Trinajstić information content (AvgIpc) is 2.95. The number of aliphatic hydroxyl groups is 4. The number of esters is 2. The van der Waals surface area contributed by atoms with E-state index in [4.69, 9.17) is 9.47 Å². The summed E-state index contributed by atoms with van der Waals surface area (Å²) in [6.07, 6.45) is -3.82. The highest BCUT2D eigenvalue weighted by Gasteiger charge is 2.81. The molecule has 9 heteroatoms. The van der Waals surface area contributed by atoms with Crippen molar-refractivity contribution in [2.24, 2.45) is 33.5 Å². The quantitative estimate of drug-likeness (QED) is 0.373. The molecule has 3 fully saturated rings. The maximum Gasteiger partial charge on any atom is 0.338 e. The summed E-state index contributed by atoms with van der Waals surface area (Å²) in [5.74, 6) is -4.70. The number of allylic oxidation sites excluding steroid dienone is 1. The van der Waals surface area contributed by atoms with E-state index in [1.54, 1.807) is 59.7 Å². The molecular formula is C35H48O9. The van der Waals surface area contributed by atoms with Crippen molar-refractivity contribution in [2.45, 2.75) is 97.7 Å². The normalized spacial score (nSPS) is 42.9. The molecule has 3 aliphatic rings. The third-order valence-corrected chi connectivity index (χ3v) is 13.0. The van der Waals surface area contributed by atoms with Crippen LogP contribution in [-0.2, 0) is 19.1 Å². The van der Waals surface area contributed by atoms with Gasteiger partial charge in [0.15, 0.2) is 5.78 Å². The molecule has 0 amide bonds. The molecule has 4 N–H and O–H groups in total. The minimum atomic E-state index is -2.17. The molecular weight excluding hydrogens is 564 g/mol. The van der Waals surface area contributed by atoms with Gasteiger partial charge in [-0.15, -0.1) is 0 Å². The summed E-state index contributed by atoms with van der Waals surface area (Å²) in [6, 6.07) is 8.09. The topological polar surface area (TPSA) is 151 Å². The fourth-order valence-electron chi connectivity index (χ4n) is 9.03. The van der Waals surface area contributed by atoms with Crippen LogP contribution in [0.15, 0.2) is 54.6 Å². The summed E-state index contributed by atoms with van der Waals surface area (Å²) < 4.78 is 12.3. The average molecular weight is 613 g/mol. The Balaban J connectivity index is 2.21. The van der Waals surface area contributed by atoms with Crippen molar-refractivity contribution in [3.8, 4) is 0 Å². The van der Waals surface area contributed by atoms with Gasteiger partial charge in [-0.2, -0.15) is 0 Å². The van der Waals surface area contributed by atoms with Crippen molar-refractivity contribution in [3.05, 3.63) is 60.2 Å². The summed E-state index contributed by atoms with van der Waals surface area (Å²) in [5.41, 5.74) is -11.2. The van der Waals surface area contributed by atoms with Gasteiger partial charge in [0.2, 0.25) is 0 Å². The fraction of sp³-hybridized carbons (Fsp3) is 0.629. The highest BCUT2D eigenvalue weighted by atomic mass is 16.6. The standard InChI is InChI=1S/C35H48O9/c1-19-20(2)32(10)24(34(18-36,21(19)3)44-22(4)37)27(43-28(40)23-15-13-12-14-16-23)35(42)17-31(9,41)29(5,6)33(11,30(35,7)8)26(39)25(32)38/h12-16,21,24,26-27,36,39,41-42H,1-2,17-18H2,3-11H3/t21-,24?,26+,27?,31?,32-,33+,34+,35-/m1/s1. The summed E-state index contributed by atoms with van der Waals surface area (Å²) >= 11 is 0. The molecule has 1 aromatic rings. The molecule has 3 unspecified atom stereocenters. The van der Waals surface area contributed by atoms with Crippen molar-refractivity contribution in [1.82, 2.24) is 0 Å². The Morgan fingerprint density at radius 2 is 1.52 bits per heavy atom. The first kappa shape index (κ1) is 34.0. The molecule has 1 aromatic carbocycles. The number of carbonyl (C=O) groups excluding carboxylic acids is 3. The van der Waals surface area contributed by atoms with E-state index in [0.29, 0.717) is 5.57 Å². The molecule has 4 rings (SSSR count). The molecule has 0 aromatic heterocycles. The molecule has 3 aliphatic carbocycles. The molecule has 0 radical (unpaired) electrons. The van der Waals surface area contributed by atoms with Gasteiger partial charge < -0.3 is 29.9 Å². The lowest BCUT2D eigenvalue weighted by atomic mass is 9.33. The Morgan fingerprint density at radius 1 is 0.977 bits per heavy atom. The molecule has 9 nitrogen and oxygen atoms in total. The van der Waals surface area contributed by atoms with E-state index in [1.807, 2.05) is 0 Å². The summed E-state index contributed by atoms with van der Waals surface area (Å²) in [7, 11) is 0. The van der Waals surface area contributed by atoms with Crippen molar-refractivity contribution in [3.63, 3.8) is 0 Å². The van der Waals surface area contributed by atoms with Gasteiger partial charge in [-0.05, 0) is 37.1 Å². The van der Waals surface area contributed by atoms with Crippen LogP contribution in [0.2, 0.25) is 0 Å². The maximum absolute atomic E-state index is 15.0. The highest BCUT2D eigenvalue weighted by molar-refractivity contribution is 5.95. The lowest BCUT2D eigenvalue weighted by Gasteiger charge is -2.74. The number of hydrogen-bond donors (Lipinski definition) is 4. The summed E-state index contributed by atoms with van der Waals surface area (Å²) in [5, 5.41) is 48.8. The van der Waals surface area contributed by atoms with Gasteiger partial charge in [0.05, 0.1) is 29.1 Å². The number of benzene rings is 1. The second kappa shape index (κ2) is 10.1. The van der Waals surface area contributed by atoms with E-state index in [-0.39, 0.29) is 17.6 Å². The van der Waals surface area contributed by atoms with Crippen LogP contribution in [-0.4, -0.2) is 73.8 Å². The zero-order valence-corrected chi connectivity index (χ0v) is 27.4. The number of rotatable bonds is 4. The second-order valence-corrected chi connectivity index (χ2v) is 14.9. The molecule has 0 spiro atoms. The van der Waals surface area contributed by atoms with E-state index in [9.17, 15) is 30.0 Å². The van der Waals surface area contributed by atoms with E-state index in [1.165, 1.54) is 26.0 Å². The predicted octanol–water partition coefficient (Wildman–Crippen LogP) is 3.78. The van der Waals surface area contributed by atoms with Crippen LogP contribution in [0.3, 0.4) is 0 Å². The predicted molar refractivity (Wildman–Crippen MR) is 163 cm³/mol. The zero-order valence-electron chi connectivity index (χ0n) is 27.4. The van der Waals surface area contributed by atoms with Gasteiger partial charge in [0.25, 0.3) is 0 Å². The number of aliphatic hydroxyl groups excluding tert-OH is 2. The van der Waals surface area contributed by atoms with Crippen molar-refractivity contribution < 1.29 is 44.3 Å². The molecule has 0 aliphatic heterocycles. The molecule has 242 valence electrons. The van der Waals surface area contributed by atoms with Crippen LogP contribution < -0.4 is 0 Å². The van der Waals surface area contributed by atoms with E-state index in [2.05, 4.69) is 13.2 Å². The van der Waals surface area contributed by atoms with Crippen molar-refractivity contribution >= 4 is 17.7 Å². The first-order valence-electron chi connectivity index (χ1n) is 15.1. The maximum atomic E-state index is 15.0. The van der Waals surface area contributed by atoms with Crippen molar-refractivity contribution in [1.29, 1.82) is 0 Å². The third-order valence-electron chi connectivity index (χ3n) is 13.0. The lowest BCUT2D eigenvalue weighted by Crippen LogP contribution is -2.83. The van der Waals surface area contributed by atoms with Crippen LogP contribution in [0.4, 0.5) is 0 Å². The molecule has 3 saturated carbocycles. The van der Waals surface area contributed by atoms with Crippen LogP contribution in [0, 0.1) is 33.5 Å². The monoisotopic (exact) mass is 612 g/mol. The zero-order chi connectivity index (χ0) is 33.6. The second-order valence-electron chi connectivity index (χ2n) is 14.9. The first-order chi connectivity index (χ1) is 20.0. The van der Waals surface area contributed by atoms with Gasteiger partial charge in [-0.25, -0.2) is 4.79 Å². The van der Waals surface area contributed by atoms with Crippen LogP contribution >= 0.6 is 0 Å². The van der Waals surface area contributed by atoms with Crippen molar-refractivity contribution in [2.75, 3.05) is 6.61 Å². The summed E-state index contributed by atoms with van der Waals surface area (Å²) in [4.78, 5) is 41.7. The van der Waals surface area contributed by atoms with Crippen LogP contribution in [0.25, 0.3) is 0 Å². The smallest absolute Gasteiger partial charge is 0.338 e. The molecule has 2 bridgehead atoms. The van der Waals surface area contributed by atoms with Crippen LogP contribution in [0.5, 0.6) is 0 Å². The lowest BCUT2D eigenvalue weighted by molar-refractivity contribution is -0.346. The fourth-order valence-corrected chi connectivity index (χ4v) is 9.03. The van der Waals surface area contributed by atoms with Gasteiger partial charge >= 0.3 is 11.9 Å². The van der Waals surface area contributed by atoms with E-state index < -0.39 is 86.8 Å². The van der Waals surface area contributed by atoms with Gasteiger partial charge in [-0.1, -0.05) is 72.9 Å². The van der Waals surface area contributed by atoms with Gasteiger partial charge in [0, 0.05) is 35.5 Å². The Morgan fingerprint density at radius 3 is 2.02 bits per heavy atom. The van der Waals surface area contributed by atoms with E-state index in [0.717, 1.165) is 6.92 Å². The Kier molecular flexibility index (Phi) is 7.79. The molecule has 44 heavy (non-hydrogen) atoms. The van der Waals surface area contributed by atoms with Gasteiger partial charge in [-0.3, -0.25) is 9.59 Å². The minimum absolute atomic E-state index is 0.156. The number of Topliss-reactive ketones (excluding diaryl/α,β-unsaturated/α-hetero) is 1. The van der Waals surface area contributed by atoms with Gasteiger partial charge in [0.1, 0.15) is 23.4 Å². The first-order valence-corrected chi connectivity index (χ1v) is 15.1. The number of ketones is 1. The largest absolute Gasteiger partial charge is 0.456 e. The third kappa shape index (κ3) is 3.88. The number of ether oxygens (including phenoxy) is 2. The number of carbonyl (C=O) groups is 3. The van der Waals surface area contributed by atoms with E-state index >= 15 is 4.79 Å². The molecule has 9 atom stereocenters. The minimum Gasteiger partial charge on any atom is -0.456 e. The SMILES string of the molecule is C=C1C(=C)[C@@]2(C)C(=O)[C@H](O)[C@@]3(C)C(C)(C)C(C)(O)C[C@@](O)(C(OC(=O)c4ccccc4)C2[C@@](CO)(OC(C)=O)[C@@H]1C)C3(C)C. The highest BCUT2D eigenvalue weighted by Crippen LogP contribution is 2.73. The number of hydrogen-bond acceptors (Lipinski definition) is 9.